The summed E-state index contributed by atoms with van der Waals surface area (Å²) in [7, 11) is 0. The fourth-order valence-corrected chi connectivity index (χ4v) is 2.47. The summed E-state index contributed by atoms with van der Waals surface area (Å²) in [6.07, 6.45) is 2.71. The van der Waals surface area contributed by atoms with Crippen molar-refractivity contribution in [1.82, 2.24) is 0 Å². The summed E-state index contributed by atoms with van der Waals surface area (Å²) in [4.78, 5) is 0. The monoisotopic (exact) mass is 317 g/mol. The molecule has 0 fully saturated rings. The summed E-state index contributed by atoms with van der Waals surface area (Å²) in [5.41, 5.74) is 3.53. The molecule has 0 aliphatic carbocycles. The van der Waals surface area contributed by atoms with Gasteiger partial charge in [0.2, 0.25) is 0 Å². The predicted octanol–water partition coefficient (Wildman–Crippen LogP) is 6.57. The van der Waals surface area contributed by atoms with Gasteiger partial charge in [-0.1, -0.05) is 73.3 Å². The topological polar surface area (TPSA) is 9.23 Å². The van der Waals surface area contributed by atoms with Crippen LogP contribution in [0.4, 0.5) is 0 Å². The highest BCUT2D eigenvalue weighted by molar-refractivity contribution is 6.92. The summed E-state index contributed by atoms with van der Waals surface area (Å²) in [5.74, 6) is 1.73. The first-order valence-electron chi connectivity index (χ1n) is 7.38. The van der Waals surface area contributed by atoms with Crippen molar-refractivity contribution in [1.29, 1.82) is 0 Å². The number of hydrogen-bond donors (Lipinski definition) is 0. The van der Waals surface area contributed by atoms with Crippen molar-refractivity contribution in [3.05, 3.63) is 102 Å². The van der Waals surface area contributed by atoms with Gasteiger partial charge in [-0.05, 0) is 29.3 Å². The second kappa shape index (κ2) is 8.31. The maximum absolute atomic E-state index is 6.08. The van der Waals surface area contributed by atoms with Gasteiger partial charge in [0, 0.05) is 21.9 Å². The number of hydrogen-bond acceptors (Lipinski definition) is 1. The Hall–Kier alpha value is -2.37. The molecule has 2 heteroatoms. The van der Waals surface area contributed by atoms with Crippen LogP contribution in [0.25, 0.3) is 6.08 Å². The SMILES string of the molecule is C=Cc1cccc(Oc2ccccc2)c1Cc1ccccc1.[P]. The Morgan fingerprint density at radius 2 is 1.43 bits per heavy atom. The Kier molecular flexibility index (Phi) is 6.14. The van der Waals surface area contributed by atoms with Crippen LogP contribution in [0.3, 0.4) is 0 Å². The van der Waals surface area contributed by atoms with Crippen molar-refractivity contribution in [2.75, 3.05) is 0 Å². The van der Waals surface area contributed by atoms with Gasteiger partial charge >= 0.3 is 0 Å². The zero-order valence-electron chi connectivity index (χ0n) is 12.9. The van der Waals surface area contributed by atoms with E-state index in [4.69, 9.17) is 4.74 Å². The number of benzene rings is 3. The van der Waals surface area contributed by atoms with Gasteiger partial charge in [-0.2, -0.15) is 0 Å². The second-order valence-corrected chi connectivity index (χ2v) is 5.11. The van der Waals surface area contributed by atoms with E-state index in [1.165, 1.54) is 5.56 Å². The van der Waals surface area contributed by atoms with Gasteiger partial charge < -0.3 is 4.74 Å². The molecule has 3 rings (SSSR count). The summed E-state index contributed by atoms with van der Waals surface area (Å²) < 4.78 is 6.08. The molecule has 0 aromatic heterocycles. The first-order chi connectivity index (χ1) is 10.9. The first kappa shape index (κ1) is 17.0. The van der Waals surface area contributed by atoms with Gasteiger partial charge in [0.1, 0.15) is 11.5 Å². The minimum Gasteiger partial charge on any atom is -0.457 e. The largest absolute Gasteiger partial charge is 0.457 e. The van der Waals surface area contributed by atoms with Gasteiger partial charge in [-0.15, -0.1) is 0 Å². The smallest absolute Gasteiger partial charge is 0.131 e. The van der Waals surface area contributed by atoms with Crippen molar-refractivity contribution < 1.29 is 4.74 Å². The summed E-state index contributed by atoms with van der Waals surface area (Å²) in [5, 5.41) is 0. The summed E-state index contributed by atoms with van der Waals surface area (Å²) in [6, 6.07) is 26.4. The zero-order valence-corrected chi connectivity index (χ0v) is 13.7. The Morgan fingerprint density at radius 3 is 2.09 bits per heavy atom. The molecule has 23 heavy (non-hydrogen) atoms. The highest BCUT2D eigenvalue weighted by atomic mass is 31.0. The highest BCUT2D eigenvalue weighted by Crippen LogP contribution is 2.30. The predicted molar refractivity (Wildman–Crippen MR) is 99.2 cm³/mol. The molecule has 0 atom stereocenters. The van der Waals surface area contributed by atoms with E-state index in [-0.39, 0.29) is 9.90 Å². The van der Waals surface area contributed by atoms with Crippen molar-refractivity contribution in [2.24, 2.45) is 0 Å². The van der Waals surface area contributed by atoms with Crippen LogP contribution < -0.4 is 4.74 Å². The average Bonchev–Trinajstić information content (AvgIpc) is 2.58. The van der Waals surface area contributed by atoms with Crippen LogP contribution in [-0.2, 0) is 6.42 Å². The fourth-order valence-electron chi connectivity index (χ4n) is 2.47. The Morgan fingerprint density at radius 1 is 0.783 bits per heavy atom. The minimum absolute atomic E-state index is 0. The van der Waals surface area contributed by atoms with E-state index in [9.17, 15) is 0 Å². The van der Waals surface area contributed by atoms with Crippen LogP contribution in [0, 0.1) is 0 Å². The molecule has 113 valence electrons. The van der Waals surface area contributed by atoms with Gasteiger partial charge in [-0.3, -0.25) is 0 Å². The van der Waals surface area contributed by atoms with Crippen LogP contribution in [0.5, 0.6) is 11.5 Å². The second-order valence-electron chi connectivity index (χ2n) is 5.11. The van der Waals surface area contributed by atoms with E-state index < -0.39 is 0 Å². The van der Waals surface area contributed by atoms with Gasteiger partial charge in [-0.25, -0.2) is 0 Å². The Balaban J connectivity index is 0.00000192. The number of para-hydroxylation sites is 1. The molecule has 0 amide bonds. The van der Waals surface area contributed by atoms with Crippen molar-refractivity contribution in [2.45, 2.75) is 6.42 Å². The molecular formula is C21H18OP. The molecule has 3 radical (unpaired) electrons. The van der Waals surface area contributed by atoms with Crippen molar-refractivity contribution >= 4 is 16.0 Å². The molecule has 1 nitrogen and oxygen atoms in total. The van der Waals surface area contributed by atoms with Crippen LogP contribution in [0.15, 0.2) is 85.4 Å². The van der Waals surface area contributed by atoms with E-state index in [0.717, 1.165) is 29.0 Å². The quantitative estimate of drug-likeness (QED) is 0.483. The fraction of sp³-hybridized carbons (Fsp3) is 0.0476. The molecular weight excluding hydrogens is 299 g/mol. The molecule has 3 aromatic carbocycles. The third-order valence-electron chi connectivity index (χ3n) is 3.58. The maximum Gasteiger partial charge on any atom is 0.131 e. The molecule has 0 N–H and O–H groups in total. The molecule has 0 unspecified atom stereocenters. The molecule has 0 saturated carbocycles. The first-order valence-corrected chi connectivity index (χ1v) is 7.38. The van der Waals surface area contributed by atoms with Crippen molar-refractivity contribution in [3.63, 3.8) is 0 Å². The third kappa shape index (κ3) is 4.31. The van der Waals surface area contributed by atoms with Gasteiger partial charge in [0.25, 0.3) is 0 Å². The highest BCUT2D eigenvalue weighted by Gasteiger charge is 2.09. The van der Waals surface area contributed by atoms with E-state index in [0.29, 0.717) is 0 Å². The molecule has 3 aromatic rings. The lowest BCUT2D eigenvalue weighted by molar-refractivity contribution is 0.477. The van der Waals surface area contributed by atoms with E-state index in [2.05, 4.69) is 36.9 Å². The lowest BCUT2D eigenvalue weighted by Gasteiger charge is -2.14. The third-order valence-corrected chi connectivity index (χ3v) is 3.58. The molecule has 0 aliphatic rings. The molecule has 0 saturated heterocycles. The van der Waals surface area contributed by atoms with Gasteiger partial charge in [0.15, 0.2) is 0 Å². The van der Waals surface area contributed by atoms with E-state index in [1.54, 1.807) is 0 Å². The lowest BCUT2D eigenvalue weighted by Crippen LogP contribution is -1.96. The Labute approximate surface area is 141 Å². The Bertz CT molecular complexity index is 751. The van der Waals surface area contributed by atoms with Crippen molar-refractivity contribution in [3.8, 4) is 11.5 Å². The van der Waals surface area contributed by atoms with Crippen LogP contribution in [-0.4, -0.2) is 0 Å². The summed E-state index contributed by atoms with van der Waals surface area (Å²) >= 11 is 0. The minimum atomic E-state index is 0. The molecule has 0 bridgehead atoms. The average molecular weight is 317 g/mol. The van der Waals surface area contributed by atoms with E-state index in [1.807, 2.05) is 54.6 Å². The van der Waals surface area contributed by atoms with Crippen LogP contribution in [0.2, 0.25) is 0 Å². The van der Waals surface area contributed by atoms with E-state index >= 15 is 0 Å². The van der Waals surface area contributed by atoms with Gasteiger partial charge in [0.05, 0.1) is 0 Å². The summed E-state index contributed by atoms with van der Waals surface area (Å²) in [6.45, 7) is 3.93. The molecule has 0 aliphatic heterocycles. The maximum atomic E-state index is 6.08. The molecule has 0 heterocycles. The zero-order chi connectivity index (χ0) is 15.2. The lowest BCUT2D eigenvalue weighted by atomic mass is 9.98. The molecule has 0 spiro atoms. The van der Waals surface area contributed by atoms with Crippen LogP contribution >= 0.6 is 9.90 Å². The number of ether oxygens (including phenoxy) is 1. The normalized spacial score (nSPS) is 9.74. The standard InChI is InChI=1S/C21H18O.P/c1-2-18-12-9-15-21(22-19-13-7-4-8-14-19)20(18)16-17-10-5-3-6-11-17;/h2-15H,1,16H2;. The van der Waals surface area contributed by atoms with Crippen LogP contribution in [0.1, 0.15) is 16.7 Å². The number of rotatable bonds is 5.